The van der Waals surface area contributed by atoms with E-state index >= 15 is 0 Å². The van der Waals surface area contributed by atoms with Crippen molar-refractivity contribution in [2.45, 2.75) is 62.6 Å². The summed E-state index contributed by atoms with van der Waals surface area (Å²) in [7, 11) is -4.23. The molecule has 3 aromatic rings. The Morgan fingerprint density at radius 2 is 1.69 bits per heavy atom. The Labute approximate surface area is 227 Å². The van der Waals surface area contributed by atoms with Crippen molar-refractivity contribution in [2.24, 2.45) is 0 Å². The fourth-order valence-electron chi connectivity index (χ4n) is 4.74. The van der Waals surface area contributed by atoms with E-state index in [4.69, 9.17) is 5.11 Å². The quantitative estimate of drug-likeness (QED) is 0.355. The third kappa shape index (κ3) is 7.48. The van der Waals surface area contributed by atoms with Gasteiger partial charge in [0.1, 0.15) is 11.6 Å². The Morgan fingerprint density at radius 1 is 0.897 bits per heavy atom. The van der Waals surface area contributed by atoms with Crippen LogP contribution in [0.5, 0.6) is 0 Å². The lowest BCUT2D eigenvalue weighted by Crippen LogP contribution is -2.27. The van der Waals surface area contributed by atoms with Gasteiger partial charge in [-0.2, -0.15) is 21.6 Å². The number of aliphatic hydroxyl groups excluding tert-OH is 1. The van der Waals surface area contributed by atoms with Crippen LogP contribution in [0.4, 0.5) is 24.8 Å². The average molecular weight is 563 g/mol. The summed E-state index contributed by atoms with van der Waals surface area (Å²) in [6.45, 7) is 1.53. The zero-order chi connectivity index (χ0) is 27.9. The van der Waals surface area contributed by atoms with Gasteiger partial charge in [0, 0.05) is 25.3 Å². The molecule has 3 heterocycles. The van der Waals surface area contributed by atoms with Gasteiger partial charge in [-0.1, -0.05) is 49.6 Å². The third-order valence-electron chi connectivity index (χ3n) is 6.73. The average Bonchev–Trinajstić information content (AvgIpc) is 2.90. The van der Waals surface area contributed by atoms with Gasteiger partial charge in [-0.3, -0.25) is 4.72 Å². The van der Waals surface area contributed by atoms with Crippen LogP contribution in [0.3, 0.4) is 0 Å². The van der Waals surface area contributed by atoms with Crippen LogP contribution in [0.1, 0.15) is 56.1 Å². The van der Waals surface area contributed by atoms with E-state index in [0.29, 0.717) is 30.9 Å². The van der Waals surface area contributed by atoms with E-state index in [1.807, 2.05) is 0 Å². The number of anilines is 2. The summed E-state index contributed by atoms with van der Waals surface area (Å²) in [6, 6.07) is 13.5. The number of hydrogen-bond acceptors (Lipinski definition) is 6. The van der Waals surface area contributed by atoms with Gasteiger partial charge in [0.25, 0.3) is 10.0 Å². The van der Waals surface area contributed by atoms with Gasteiger partial charge in [-0.05, 0) is 61.9 Å². The smallest absolute Gasteiger partial charge is 0.396 e. The number of unbranched alkanes of at least 4 members (excludes halogenated alkanes) is 3. The molecule has 4 rings (SSSR count). The molecule has 0 amide bonds. The number of alkyl halides is 3. The number of aliphatic hydroxyl groups is 1. The summed E-state index contributed by atoms with van der Waals surface area (Å²) in [4.78, 5) is 10.6. The third-order valence-corrected chi connectivity index (χ3v) is 7.99. The Kier molecular flexibility index (Phi) is 9.45. The molecular formula is C28H33F3N4O3S. The van der Waals surface area contributed by atoms with Crippen molar-refractivity contribution in [1.29, 1.82) is 0 Å². The highest BCUT2D eigenvalue weighted by atomic mass is 32.2. The molecule has 0 unspecified atom stereocenters. The second kappa shape index (κ2) is 12.8. The molecule has 0 atom stereocenters. The zero-order valence-electron chi connectivity index (χ0n) is 21.6. The lowest BCUT2D eigenvalue weighted by molar-refractivity contribution is -0.137. The molecule has 7 nitrogen and oxygen atoms in total. The van der Waals surface area contributed by atoms with Crippen LogP contribution in [-0.2, 0) is 22.6 Å². The summed E-state index contributed by atoms with van der Waals surface area (Å²) in [5.41, 5.74) is -0.161. The standard InChI is InChI=1S/C28H33F3N4O3S/c29-28(30,31)23-16-17-24-32-27(23)22-13-6-5-12-21(22)11-4-3-8-19-35(18-7-1-2-9-20-36)25-14-10-15-26(33-25)39(37,38)34-24/h5-6,10,12-17,36H,1-4,7-9,11,18-20H2,(H,32,34). The lowest BCUT2D eigenvalue weighted by Gasteiger charge is -2.24. The van der Waals surface area contributed by atoms with Crippen LogP contribution in [-0.4, -0.2) is 43.2 Å². The van der Waals surface area contributed by atoms with Crippen LogP contribution in [0.15, 0.2) is 59.6 Å². The molecule has 4 bridgehead atoms. The molecule has 210 valence electrons. The molecule has 2 aromatic heterocycles. The molecule has 0 saturated carbocycles. The molecule has 11 heteroatoms. The maximum atomic E-state index is 13.9. The molecule has 0 spiro atoms. The highest BCUT2D eigenvalue weighted by molar-refractivity contribution is 7.92. The van der Waals surface area contributed by atoms with E-state index in [1.165, 1.54) is 6.07 Å². The number of rotatable bonds is 6. The minimum absolute atomic E-state index is 0.163. The van der Waals surface area contributed by atoms with E-state index in [9.17, 15) is 21.6 Å². The minimum Gasteiger partial charge on any atom is -0.396 e. The molecule has 2 N–H and O–H groups in total. The van der Waals surface area contributed by atoms with Crippen molar-refractivity contribution < 1.29 is 26.7 Å². The largest absolute Gasteiger partial charge is 0.418 e. The molecule has 1 aliphatic heterocycles. The van der Waals surface area contributed by atoms with Crippen molar-refractivity contribution in [3.05, 3.63) is 65.7 Å². The maximum absolute atomic E-state index is 13.9. The van der Waals surface area contributed by atoms with Gasteiger partial charge in [0.05, 0.1) is 11.3 Å². The predicted octanol–water partition coefficient (Wildman–Crippen LogP) is 6.05. The highest BCUT2D eigenvalue weighted by Crippen LogP contribution is 2.38. The number of pyridine rings is 2. The van der Waals surface area contributed by atoms with Crippen LogP contribution in [0.25, 0.3) is 11.3 Å². The number of nitrogens with one attached hydrogen (secondary N) is 1. The van der Waals surface area contributed by atoms with E-state index in [0.717, 1.165) is 62.6 Å². The van der Waals surface area contributed by atoms with Gasteiger partial charge < -0.3 is 10.0 Å². The topological polar surface area (TPSA) is 95.4 Å². The van der Waals surface area contributed by atoms with Gasteiger partial charge in [0.15, 0.2) is 5.03 Å². The Balaban J connectivity index is 1.73. The molecular weight excluding hydrogens is 529 g/mol. The van der Waals surface area contributed by atoms with Crippen molar-refractivity contribution in [3.8, 4) is 11.3 Å². The zero-order valence-corrected chi connectivity index (χ0v) is 22.4. The van der Waals surface area contributed by atoms with E-state index in [2.05, 4.69) is 19.6 Å². The molecule has 0 fully saturated rings. The van der Waals surface area contributed by atoms with E-state index in [1.54, 1.807) is 36.4 Å². The van der Waals surface area contributed by atoms with Gasteiger partial charge in [0.2, 0.25) is 0 Å². The second-order valence-electron chi connectivity index (χ2n) is 9.62. The highest BCUT2D eigenvalue weighted by Gasteiger charge is 2.35. The molecule has 0 saturated heterocycles. The fraction of sp³-hybridized carbons (Fsp3) is 0.429. The molecule has 1 aromatic carbocycles. The van der Waals surface area contributed by atoms with Crippen LogP contribution >= 0.6 is 0 Å². The summed E-state index contributed by atoms with van der Waals surface area (Å²) in [5, 5.41) is 8.79. The number of nitrogens with zero attached hydrogens (tertiary/aromatic N) is 3. The van der Waals surface area contributed by atoms with Crippen molar-refractivity contribution >= 4 is 21.7 Å². The molecule has 39 heavy (non-hydrogen) atoms. The monoisotopic (exact) mass is 562 g/mol. The first-order valence-electron chi connectivity index (χ1n) is 13.2. The predicted molar refractivity (Wildman–Crippen MR) is 145 cm³/mol. The Morgan fingerprint density at radius 3 is 2.49 bits per heavy atom. The first-order chi connectivity index (χ1) is 18.7. The van der Waals surface area contributed by atoms with Gasteiger partial charge in [-0.25, -0.2) is 9.97 Å². The number of fused-ring (bicyclic) bond motifs is 6. The molecule has 0 aliphatic carbocycles. The Hall–Kier alpha value is -3.18. The summed E-state index contributed by atoms with van der Waals surface area (Å²) in [6.07, 6.45) is 1.83. The van der Waals surface area contributed by atoms with Crippen LogP contribution in [0.2, 0.25) is 0 Å². The van der Waals surface area contributed by atoms with Crippen molar-refractivity contribution in [3.63, 3.8) is 0 Å². The minimum atomic E-state index is -4.66. The fourth-order valence-corrected chi connectivity index (χ4v) is 5.71. The summed E-state index contributed by atoms with van der Waals surface area (Å²) < 4.78 is 70.7. The van der Waals surface area contributed by atoms with E-state index in [-0.39, 0.29) is 23.1 Å². The maximum Gasteiger partial charge on any atom is 0.418 e. The van der Waals surface area contributed by atoms with Crippen LogP contribution in [0, 0.1) is 0 Å². The van der Waals surface area contributed by atoms with Gasteiger partial charge >= 0.3 is 6.18 Å². The first-order valence-corrected chi connectivity index (χ1v) is 14.7. The number of aromatic nitrogens is 2. The van der Waals surface area contributed by atoms with Crippen LogP contribution < -0.4 is 9.62 Å². The van der Waals surface area contributed by atoms with Crippen molar-refractivity contribution in [2.75, 3.05) is 29.3 Å². The lowest BCUT2D eigenvalue weighted by atomic mass is 9.96. The number of halogens is 3. The molecule has 1 aliphatic rings. The number of aryl methyl sites for hydroxylation is 1. The SMILES string of the molecule is O=S1(=O)Nc2ccc(C(F)(F)F)c(n2)-c2ccccc2CCCCCN(CCCCCCO)c2cccc1n2. The second-order valence-corrected chi connectivity index (χ2v) is 11.3. The van der Waals surface area contributed by atoms with Crippen molar-refractivity contribution in [1.82, 2.24) is 9.97 Å². The summed E-state index contributed by atoms with van der Waals surface area (Å²) in [5.74, 6) is 0.311. The number of benzene rings is 1. The Bertz CT molecular complexity index is 1370. The molecule has 0 radical (unpaired) electrons. The summed E-state index contributed by atoms with van der Waals surface area (Å²) >= 11 is 0. The van der Waals surface area contributed by atoms with Gasteiger partial charge in [-0.15, -0.1) is 0 Å². The normalized spacial score (nSPS) is 15.8. The number of hydrogen-bond donors (Lipinski definition) is 2. The number of sulfonamides is 1. The first kappa shape index (κ1) is 28.8. The van der Waals surface area contributed by atoms with E-state index < -0.39 is 21.8 Å².